The Kier molecular flexibility index (Phi) is 3.10. The van der Waals surface area contributed by atoms with E-state index in [4.69, 9.17) is 15.9 Å². The minimum absolute atomic E-state index is 0.330. The molecular weight excluding hydrogens is 236 g/mol. The van der Waals surface area contributed by atoms with E-state index in [0.717, 1.165) is 0 Å². The van der Waals surface area contributed by atoms with E-state index in [0.29, 0.717) is 24.2 Å². The van der Waals surface area contributed by atoms with Gasteiger partial charge in [0.05, 0.1) is 0 Å². The Hall–Kier alpha value is -2.24. The van der Waals surface area contributed by atoms with Crippen molar-refractivity contribution in [2.45, 2.75) is 24.9 Å². The second-order valence-electron chi connectivity index (χ2n) is 4.28. The van der Waals surface area contributed by atoms with Crippen LogP contribution in [0.25, 0.3) is 0 Å². The number of rotatable bonds is 3. The van der Waals surface area contributed by atoms with E-state index in [-0.39, 0.29) is 0 Å². The first kappa shape index (κ1) is 12.2. The lowest BCUT2D eigenvalue weighted by Gasteiger charge is -2.28. The molecule has 1 aromatic carbocycles. The molecule has 0 bridgehead atoms. The van der Waals surface area contributed by atoms with Crippen molar-refractivity contribution in [2.24, 2.45) is 0 Å². The Balaban J connectivity index is 2.37. The maximum absolute atomic E-state index is 11.2. The van der Waals surface area contributed by atoms with Crippen molar-refractivity contribution < 1.29 is 19.8 Å². The minimum atomic E-state index is -1.00. The predicted molar refractivity (Wildman–Crippen MR) is 65.4 cm³/mol. The minimum Gasteiger partial charge on any atom is -0.480 e. The maximum atomic E-state index is 11.2. The van der Waals surface area contributed by atoms with Crippen LogP contribution < -0.4 is 10.6 Å². The second kappa shape index (κ2) is 4.56. The highest BCUT2D eigenvalue weighted by Gasteiger charge is 2.41. The summed E-state index contributed by atoms with van der Waals surface area (Å²) in [6.45, 7) is 0. The zero-order valence-electron chi connectivity index (χ0n) is 9.61. The van der Waals surface area contributed by atoms with Crippen LogP contribution in [0.15, 0.2) is 24.3 Å². The van der Waals surface area contributed by atoms with E-state index in [9.17, 15) is 9.59 Å². The van der Waals surface area contributed by atoms with E-state index in [2.05, 4.69) is 0 Å². The van der Waals surface area contributed by atoms with Crippen molar-refractivity contribution >= 4 is 23.3 Å². The van der Waals surface area contributed by atoms with Crippen molar-refractivity contribution in [3.05, 3.63) is 24.3 Å². The van der Waals surface area contributed by atoms with Crippen molar-refractivity contribution in [1.29, 1.82) is 0 Å². The molecule has 0 aliphatic carbocycles. The summed E-state index contributed by atoms with van der Waals surface area (Å²) in [4.78, 5) is 23.8. The Labute approximate surface area is 104 Å². The molecule has 1 aliphatic rings. The second-order valence-corrected chi connectivity index (χ2v) is 4.28. The van der Waals surface area contributed by atoms with Gasteiger partial charge in [0.25, 0.3) is 0 Å². The fourth-order valence-electron chi connectivity index (χ4n) is 2.30. The van der Waals surface area contributed by atoms with E-state index in [1.165, 1.54) is 4.90 Å². The van der Waals surface area contributed by atoms with Crippen LogP contribution in [-0.4, -0.2) is 34.2 Å². The Bertz CT molecular complexity index is 449. The summed E-state index contributed by atoms with van der Waals surface area (Å²) in [6, 6.07) is 4.96. The number of carboxylic acids is 2. The van der Waals surface area contributed by atoms with Crippen molar-refractivity contribution in [1.82, 2.24) is 0 Å². The van der Waals surface area contributed by atoms with Crippen LogP contribution in [0.3, 0.4) is 0 Å². The fourth-order valence-corrected chi connectivity index (χ4v) is 2.30. The van der Waals surface area contributed by atoms with Crippen LogP contribution in [0, 0.1) is 0 Å². The van der Waals surface area contributed by atoms with Crippen molar-refractivity contribution in [3.8, 4) is 0 Å². The molecule has 2 unspecified atom stereocenters. The molecule has 6 heteroatoms. The smallest absolute Gasteiger partial charge is 0.326 e. The molecule has 1 saturated heterocycles. The van der Waals surface area contributed by atoms with E-state index in [1.807, 2.05) is 0 Å². The van der Waals surface area contributed by atoms with Gasteiger partial charge < -0.3 is 20.8 Å². The molecule has 0 amide bonds. The van der Waals surface area contributed by atoms with Gasteiger partial charge in [0.1, 0.15) is 12.1 Å². The number of aliphatic carboxylic acids is 2. The van der Waals surface area contributed by atoms with Gasteiger partial charge in [-0.15, -0.1) is 0 Å². The molecule has 0 spiro atoms. The van der Waals surface area contributed by atoms with Gasteiger partial charge in [-0.1, -0.05) is 0 Å². The number of carbonyl (C=O) groups is 2. The molecule has 0 aromatic heterocycles. The first-order valence-corrected chi connectivity index (χ1v) is 5.60. The summed E-state index contributed by atoms with van der Waals surface area (Å²) < 4.78 is 0. The summed E-state index contributed by atoms with van der Waals surface area (Å²) in [5.41, 5.74) is 6.69. The molecule has 1 aromatic rings. The average molecular weight is 250 g/mol. The number of nitrogens with two attached hydrogens (primary N) is 1. The molecule has 6 nitrogen and oxygen atoms in total. The number of nitrogen functional groups attached to an aromatic ring is 1. The lowest BCUT2D eigenvalue weighted by Crippen LogP contribution is -2.44. The number of benzene rings is 1. The SMILES string of the molecule is Nc1ccc(N2C(C(=O)O)CCC2C(=O)O)cc1. The zero-order chi connectivity index (χ0) is 13.3. The van der Waals surface area contributed by atoms with Crippen LogP contribution in [-0.2, 0) is 9.59 Å². The monoisotopic (exact) mass is 250 g/mol. The highest BCUT2D eigenvalue weighted by Crippen LogP contribution is 2.31. The molecule has 2 rings (SSSR count). The van der Waals surface area contributed by atoms with Gasteiger partial charge in [-0.3, -0.25) is 0 Å². The number of hydrogen-bond acceptors (Lipinski definition) is 4. The molecule has 96 valence electrons. The molecule has 1 fully saturated rings. The standard InChI is InChI=1S/C12H14N2O4/c13-7-1-3-8(4-2-7)14-9(11(15)16)5-6-10(14)12(17)18/h1-4,9-10H,5-6,13H2,(H,15,16)(H,17,18). The summed E-state index contributed by atoms with van der Waals surface area (Å²) in [6.07, 6.45) is 0.660. The molecule has 0 saturated carbocycles. The number of hydrogen-bond donors (Lipinski definition) is 3. The summed E-state index contributed by atoms with van der Waals surface area (Å²) in [7, 11) is 0. The fraction of sp³-hybridized carbons (Fsp3) is 0.333. The Morgan fingerprint density at radius 3 is 1.89 bits per heavy atom. The quantitative estimate of drug-likeness (QED) is 0.685. The topological polar surface area (TPSA) is 104 Å². The van der Waals surface area contributed by atoms with Crippen LogP contribution in [0.2, 0.25) is 0 Å². The Morgan fingerprint density at radius 1 is 1.06 bits per heavy atom. The predicted octanol–water partition coefficient (Wildman–Crippen LogP) is 0.775. The molecule has 1 heterocycles. The number of carboxylic acid groups (broad SMARTS) is 2. The number of anilines is 2. The maximum Gasteiger partial charge on any atom is 0.326 e. The van der Waals surface area contributed by atoms with Crippen LogP contribution in [0.5, 0.6) is 0 Å². The third-order valence-electron chi connectivity index (χ3n) is 3.15. The van der Waals surface area contributed by atoms with Crippen LogP contribution in [0.4, 0.5) is 11.4 Å². The van der Waals surface area contributed by atoms with Gasteiger partial charge in [0.2, 0.25) is 0 Å². The molecule has 18 heavy (non-hydrogen) atoms. The first-order chi connectivity index (χ1) is 8.50. The highest BCUT2D eigenvalue weighted by molar-refractivity contribution is 5.86. The molecular formula is C12H14N2O4. The lowest BCUT2D eigenvalue weighted by molar-refractivity contribution is -0.139. The summed E-state index contributed by atoms with van der Waals surface area (Å²) >= 11 is 0. The molecule has 1 aliphatic heterocycles. The first-order valence-electron chi connectivity index (χ1n) is 5.60. The van der Waals surface area contributed by atoms with Gasteiger partial charge in [-0.05, 0) is 37.1 Å². The highest BCUT2D eigenvalue weighted by atomic mass is 16.4. The van der Waals surface area contributed by atoms with Crippen LogP contribution in [0.1, 0.15) is 12.8 Å². The van der Waals surface area contributed by atoms with Crippen molar-refractivity contribution in [2.75, 3.05) is 10.6 Å². The van der Waals surface area contributed by atoms with Gasteiger partial charge in [-0.25, -0.2) is 9.59 Å². The largest absolute Gasteiger partial charge is 0.480 e. The van der Waals surface area contributed by atoms with Gasteiger partial charge in [0, 0.05) is 11.4 Å². The zero-order valence-corrected chi connectivity index (χ0v) is 9.61. The molecule has 4 N–H and O–H groups in total. The average Bonchev–Trinajstić information content (AvgIpc) is 2.74. The third kappa shape index (κ3) is 2.09. The molecule has 2 atom stereocenters. The van der Waals surface area contributed by atoms with Gasteiger partial charge >= 0.3 is 11.9 Å². The van der Waals surface area contributed by atoms with Crippen LogP contribution >= 0.6 is 0 Å². The summed E-state index contributed by atoms with van der Waals surface area (Å²) in [5, 5.41) is 18.3. The number of nitrogens with zero attached hydrogens (tertiary/aromatic N) is 1. The van der Waals surface area contributed by atoms with Crippen molar-refractivity contribution in [3.63, 3.8) is 0 Å². The molecule has 0 radical (unpaired) electrons. The van der Waals surface area contributed by atoms with E-state index < -0.39 is 24.0 Å². The lowest BCUT2D eigenvalue weighted by atomic mass is 10.2. The summed E-state index contributed by atoms with van der Waals surface area (Å²) in [5.74, 6) is -2.01. The van der Waals surface area contributed by atoms with Gasteiger partial charge in [0.15, 0.2) is 0 Å². The Morgan fingerprint density at radius 2 is 1.50 bits per heavy atom. The normalized spacial score (nSPS) is 23.0. The van der Waals surface area contributed by atoms with E-state index in [1.54, 1.807) is 24.3 Å². The third-order valence-corrected chi connectivity index (χ3v) is 3.15. The van der Waals surface area contributed by atoms with Gasteiger partial charge in [-0.2, -0.15) is 0 Å². The van der Waals surface area contributed by atoms with E-state index >= 15 is 0 Å².